The van der Waals surface area contributed by atoms with E-state index in [1.807, 2.05) is 42.5 Å². The van der Waals surface area contributed by atoms with Crippen LogP contribution in [0.5, 0.6) is 11.7 Å². The predicted octanol–water partition coefficient (Wildman–Crippen LogP) is 3.99. The molecule has 4 rings (SSSR count). The van der Waals surface area contributed by atoms with Gasteiger partial charge in [0, 0.05) is 30.7 Å². The molecule has 0 amide bonds. The van der Waals surface area contributed by atoms with Crippen LogP contribution in [0.1, 0.15) is 29.5 Å². The van der Waals surface area contributed by atoms with Gasteiger partial charge in [0.1, 0.15) is 17.1 Å². The number of hydrogen-bond donors (Lipinski definition) is 2. The molecule has 1 aromatic carbocycles. The number of pyridine rings is 1. The Bertz CT molecular complexity index is 1180. The first-order chi connectivity index (χ1) is 15.6. The Hall–Kier alpha value is -3.46. The number of aromatic nitrogens is 3. The number of H-pyrrole nitrogens is 1. The van der Waals surface area contributed by atoms with E-state index in [0.717, 1.165) is 28.5 Å². The zero-order valence-corrected chi connectivity index (χ0v) is 18.3. The van der Waals surface area contributed by atoms with Crippen molar-refractivity contribution in [2.24, 2.45) is 0 Å². The lowest BCUT2D eigenvalue weighted by Crippen LogP contribution is -2.07. The van der Waals surface area contributed by atoms with Crippen molar-refractivity contribution in [2.45, 2.75) is 36.5 Å². The molecule has 1 atom stereocenters. The molecule has 32 heavy (non-hydrogen) atoms. The molecule has 0 saturated heterocycles. The number of nitrogens with zero attached hydrogens (tertiary/aromatic N) is 2. The van der Waals surface area contributed by atoms with E-state index in [4.69, 9.17) is 9.15 Å². The molecule has 3 aromatic heterocycles. The van der Waals surface area contributed by atoms with E-state index in [1.54, 1.807) is 18.0 Å². The molecule has 9 heteroatoms. The molecule has 0 aliphatic carbocycles. The molecule has 0 aliphatic rings. The van der Waals surface area contributed by atoms with Crippen LogP contribution in [0.2, 0.25) is 0 Å². The monoisotopic (exact) mass is 453 g/mol. The minimum atomic E-state index is -0.431. The SMILES string of the molecule is CC(Cc1ocnc1CCOc1ccc(Cc2c(O)o[nH]c2=O)cc1)Sc1ccccn1. The lowest BCUT2D eigenvalue weighted by Gasteiger charge is -2.10. The summed E-state index contributed by atoms with van der Waals surface area (Å²) in [6.45, 7) is 2.60. The summed E-state index contributed by atoms with van der Waals surface area (Å²) in [5.74, 6) is 1.19. The number of oxazole rings is 1. The fourth-order valence-corrected chi connectivity index (χ4v) is 4.16. The maximum atomic E-state index is 11.6. The second kappa shape index (κ2) is 10.2. The highest BCUT2D eigenvalue weighted by molar-refractivity contribution is 7.99. The van der Waals surface area contributed by atoms with Crippen molar-refractivity contribution in [1.29, 1.82) is 0 Å². The van der Waals surface area contributed by atoms with Gasteiger partial charge in [-0.1, -0.05) is 25.1 Å². The van der Waals surface area contributed by atoms with Crippen molar-refractivity contribution in [3.05, 3.63) is 88.0 Å². The number of ether oxygens (including phenoxy) is 1. The first-order valence-electron chi connectivity index (χ1n) is 10.2. The Labute approximate surface area is 188 Å². The summed E-state index contributed by atoms with van der Waals surface area (Å²) < 4.78 is 16.1. The van der Waals surface area contributed by atoms with Crippen LogP contribution in [-0.2, 0) is 19.3 Å². The van der Waals surface area contributed by atoms with Crippen LogP contribution in [0.4, 0.5) is 0 Å². The Morgan fingerprint density at radius 3 is 2.75 bits per heavy atom. The van der Waals surface area contributed by atoms with Crippen LogP contribution >= 0.6 is 11.8 Å². The van der Waals surface area contributed by atoms with Gasteiger partial charge in [-0.25, -0.2) is 9.97 Å². The molecule has 2 N–H and O–H groups in total. The van der Waals surface area contributed by atoms with E-state index in [0.29, 0.717) is 24.0 Å². The van der Waals surface area contributed by atoms with Gasteiger partial charge in [-0.15, -0.1) is 11.8 Å². The maximum Gasteiger partial charge on any atom is 0.313 e. The van der Waals surface area contributed by atoms with Crippen LogP contribution in [0.15, 0.2) is 73.8 Å². The van der Waals surface area contributed by atoms with E-state index in [-0.39, 0.29) is 17.9 Å². The van der Waals surface area contributed by atoms with E-state index >= 15 is 0 Å². The second-order valence-corrected chi connectivity index (χ2v) is 8.72. The molecule has 0 saturated carbocycles. The summed E-state index contributed by atoms with van der Waals surface area (Å²) in [5, 5.41) is 13.0. The molecule has 1 unspecified atom stereocenters. The van der Waals surface area contributed by atoms with E-state index in [2.05, 4.69) is 26.6 Å². The van der Waals surface area contributed by atoms with Crippen molar-refractivity contribution >= 4 is 11.8 Å². The zero-order valence-electron chi connectivity index (χ0n) is 17.5. The number of rotatable bonds is 10. The summed E-state index contributed by atoms with van der Waals surface area (Å²) in [4.78, 5) is 20.3. The molecule has 166 valence electrons. The molecule has 0 radical (unpaired) electrons. The summed E-state index contributed by atoms with van der Waals surface area (Å²) in [6.07, 6.45) is 4.93. The van der Waals surface area contributed by atoms with Crippen molar-refractivity contribution in [3.63, 3.8) is 0 Å². The fourth-order valence-electron chi connectivity index (χ4n) is 3.23. The minimum absolute atomic E-state index is 0.202. The van der Waals surface area contributed by atoms with Crippen molar-refractivity contribution < 1.29 is 18.8 Å². The molecule has 8 nitrogen and oxygen atoms in total. The number of nitrogens with one attached hydrogen (secondary N) is 1. The zero-order chi connectivity index (χ0) is 22.3. The number of benzene rings is 1. The topological polar surface area (TPSA) is 114 Å². The number of hydrogen-bond acceptors (Lipinski definition) is 8. The molecular weight excluding hydrogens is 430 g/mol. The summed E-state index contributed by atoms with van der Waals surface area (Å²) in [5.41, 5.74) is 1.52. The number of aromatic hydroxyl groups is 1. The van der Waals surface area contributed by atoms with Crippen LogP contribution in [0.3, 0.4) is 0 Å². The van der Waals surface area contributed by atoms with Crippen molar-refractivity contribution in [2.75, 3.05) is 6.61 Å². The molecule has 3 heterocycles. The van der Waals surface area contributed by atoms with Crippen LogP contribution < -0.4 is 10.3 Å². The second-order valence-electron chi connectivity index (χ2n) is 7.26. The fraction of sp³-hybridized carbons (Fsp3) is 0.261. The minimum Gasteiger partial charge on any atom is -0.493 e. The Balaban J connectivity index is 1.27. The quantitative estimate of drug-likeness (QED) is 0.347. The van der Waals surface area contributed by atoms with Crippen LogP contribution in [-0.4, -0.2) is 32.1 Å². The largest absolute Gasteiger partial charge is 0.493 e. The van der Waals surface area contributed by atoms with Gasteiger partial charge in [0.2, 0.25) is 0 Å². The Kier molecular flexibility index (Phi) is 6.96. The first-order valence-corrected chi connectivity index (χ1v) is 11.1. The highest BCUT2D eigenvalue weighted by Crippen LogP contribution is 2.25. The third kappa shape index (κ3) is 5.61. The van der Waals surface area contributed by atoms with Gasteiger partial charge >= 0.3 is 5.95 Å². The molecule has 0 spiro atoms. The molecule has 0 aliphatic heterocycles. The first kappa shape index (κ1) is 21.8. The lowest BCUT2D eigenvalue weighted by atomic mass is 10.1. The van der Waals surface area contributed by atoms with Gasteiger partial charge in [0.05, 0.1) is 17.3 Å². The maximum absolute atomic E-state index is 11.6. The average molecular weight is 454 g/mol. The Morgan fingerprint density at radius 2 is 2.03 bits per heavy atom. The van der Waals surface area contributed by atoms with E-state index in [9.17, 15) is 9.90 Å². The smallest absolute Gasteiger partial charge is 0.313 e. The number of aromatic amines is 1. The highest BCUT2D eigenvalue weighted by atomic mass is 32.2. The molecular formula is C23H23N3O5S. The van der Waals surface area contributed by atoms with Gasteiger partial charge in [-0.05, 0) is 29.8 Å². The van der Waals surface area contributed by atoms with Gasteiger partial charge < -0.3 is 18.8 Å². The van der Waals surface area contributed by atoms with Gasteiger partial charge in [0.25, 0.3) is 5.56 Å². The van der Waals surface area contributed by atoms with Crippen molar-refractivity contribution in [1.82, 2.24) is 15.1 Å². The lowest BCUT2D eigenvalue weighted by molar-refractivity contribution is 0.274. The van der Waals surface area contributed by atoms with E-state index in [1.165, 1.54) is 6.39 Å². The van der Waals surface area contributed by atoms with Crippen LogP contribution in [0, 0.1) is 0 Å². The number of thioether (sulfide) groups is 1. The highest BCUT2D eigenvalue weighted by Gasteiger charge is 2.15. The standard InChI is InChI=1S/C23H23N3O5S/c1-15(32-21-4-2-3-10-24-21)12-20-19(25-14-30-20)9-11-29-17-7-5-16(6-8-17)13-18-22(27)26-31-23(18)28/h2-8,10,14-15,28H,9,11-13H2,1H3,(H,26,27). The molecule has 4 aromatic rings. The van der Waals surface area contributed by atoms with E-state index < -0.39 is 5.56 Å². The third-order valence-electron chi connectivity index (χ3n) is 4.84. The average Bonchev–Trinajstić information content (AvgIpc) is 3.36. The van der Waals surface area contributed by atoms with Crippen molar-refractivity contribution in [3.8, 4) is 11.7 Å². The normalized spacial score (nSPS) is 12.0. The van der Waals surface area contributed by atoms with Gasteiger partial charge in [-0.3, -0.25) is 4.79 Å². The molecule has 0 bridgehead atoms. The summed E-state index contributed by atoms with van der Waals surface area (Å²) >= 11 is 1.70. The van der Waals surface area contributed by atoms with Crippen LogP contribution in [0.25, 0.3) is 0 Å². The predicted molar refractivity (Wildman–Crippen MR) is 119 cm³/mol. The Morgan fingerprint density at radius 1 is 1.19 bits per heavy atom. The van der Waals surface area contributed by atoms with Gasteiger partial charge in [-0.2, -0.15) is 5.16 Å². The molecule has 0 fully saturated rings. The summed E-state index contributed by atoms with van der Waals surface area (Å²) in [6, 6.07) is 13.2. The summed E-state index contributed by atoms with van der Waals surface area (Å²) in [7, 11) is 0. The third-order valence-corrected chi connectivity index (χ3v) is 5.89. The van der Waals surface area contributed by atoms with Gasteiger partial charge in [0.15, 0.2) is 6.39 Å².